The number of fused-ring (bicyclic) bond motifs is 1. The number of carbonyl (C=O) groups is 3. The van der Waals surface area contributed by atoms with Gasteiger partial charge in [0.15, 0.2) is 5.58 Å². The van der Waals surface area contributed by atoms with Gasteiger partial charge < -0.3 is 9.73 Å². The van der Waals surface area contributed by atoms with Crippen molar-refractivity contribution >= 4 is 46.0 Å². The van der Waals surface area contributed by atoms with Crippen molar-refractivity contribution < 1.29 is 18.8 Å². The highest BCUT2D eigenvalue weighted by Crippen LogP contribution is 2.31. The lowest BCUT2D eigenvalue weighted by atomic mass is 10.2. The molecule has 0 aliphatic carbocycles. The van der Waals surface area contributed by atoms with Crippen LogP contribution in [0.25, 0.3) is 17.2 Å². The van der Waals surface area contributed by atoms with Gasteiger partial charge in [-0.05, 0) is 35.5 Å². The fourth-order valence-electron chi connectivity index (χ4n) is 3.06. The van der Waals surface area contributed by atoms with E-state index in [1.165, 1.54) is 4.57 Å². The summed E-state index contributed by atoms with van der Waals surface area (Å²) in [5, 5.41) is 2.25. The normalized spacial score (nSPS) is 15.3. The fourth-order valence-corrected chi connectivity index (χ4v) is 3.93. The van der Waals surface area contributed by atoms with Crippen molar-refractivity contribution in [1.29, 1.82) is 0 Å². The molecule has 30 heavy (non-hydrogen) atoms. The molecule has 8 nitrogen and oxygen atoms in total. The molecule has 0 spiro atoms. The Morgan fingerprint density at radius 1 is 1.03 bits per heavy atom. The van der Waals surface area contributed by atoms with Crippen LogP contribution in [0.2, 0.25) is 0 Å². The minimum Gasteiger partial charge on any atom is -0.408 e. The molecule has 0 bridgehead atoms. The maximum Gasteiger partial charge on any atom is 0.420 e. The zero-order chi connectivity index (χ0) is 21.1. The monoisotopic (exact) mass is 423 g/mol. The van der Waals surface area contributed by atoms with E-state index in [9.17, 15) is 19.2 Å². The summed E-state index contributed by atoms with van der Waals surface area (Å²) in [5.74, 6) is -1.43. The van der Waals surface area contributed by atoms with Crippen molar-refractivity contribution in [3.8, 4) is 0 Å². The lowest BCUT2D eigenvalue weighted by Gasteiger charge is -2.13. The summed E-state index contributed by atoms with van der Waals surface area (Å²) in [4.78, 5) is 50.3. The number of oxazole rings is 1. The van der Waals surface area contributed by atoms with Crippen LogP contribution in [0.3, 0.4) is 0 Å². The maximum atomic E-state index is 12.5. The first-order valence-corrected chi connectivity index (χ1v) is 10.00. The highest BCUT2D eigenvalue weighted by atomic mass is 32.2. The number of thioether (sulfide) groups is 1. The largest absolute Gasteiger partial charge is 0.420 e. The average Bonchev–Trinajstić information content (AvgIpc) is 3.19. The molecule has 1 fully saturated rings. The van der Waals surface area contributed by atoms with Gasteiger partial charge in [0.1, 0.15) is 6.54 Å². The maximum absolute atomic E-state index is 12.5. The van der Waals surface area contributed by atoms with Gasteiger partial charge in [-0.3, -0.25) is 23.9 Å². The second kappa shape index (κ2) is 8.42. The molecule has 2 heterocycles. The molecule has 152 valence electrons. The molecule has 1 saturated heterocycles. The third-order valence-electron chi connectivity index (χ3n) is 4.50. The smallest absolute Gasteiger partial charge is 0.408 e. The van der Waals surface area contributed by atoms with Crippen molar-refractivity contribution in [2.75, 3.05) is 13.1 Å². The number of rotatable bonds is 6. The summed E-state index contributed by atoms with van der Waals surface area (Å²) in [6.07, 6.45) is 1.67. The van der Waals surface area contributed by atoms with Gasteiger partial charge in [-0.2, -0.15) is 0 Å². The van der Waals surface area contributed by atoms with Gasteiger partial charge in [0.25, 0.3) is 11.1 Å². The summed E-state index contributed by atoms with van der Waals surface area (Å²) in [5.41, 5.74) is 1.75. The number of hydrogen-bond donors (Lipinski definition) is 1. The van der Waals surface area contributed by atoms with Gasteiger partial charge >= 0.3 is 5.76 Å². The highest BCUT2D eigenvalue weighted by molar-refractivity contribution is 8.18. The van der Waals surface area contributed by atoms with Gasteiger partial charge in [0.05, 0.1) is 10.4 Å². The number of nitrogens with zero attached hydrogens (tertiary/aromatic N) is 2. The molecule has 0 unspecified atom stereocenters. The molecule has 1 N–H and O–H groups in total. The van der Waals surface area contributed by atoms with Crippen LogP contribution >= 0.6 is 11.8 Å². The van der Waals surface area contributed by atoms with Crippen molar-refractivity contribution in [1.82, 2.24) is 14.8 Å². The van der Waals surface area contributed by atoms with Crippen molar-refractivity contribution in [3.05, 3.63) is 75.6 Å². The SMILES string of the molecule is O=C(Cn1c(=O)oc2ccccc21)NCCN1C(=O)SC(=Cc2ccccc2)C1=O. The minimum atomic E-state index is -0.622. The predicted octanol–water partition coefficient (Wildman–Crippen LogP) is 2.45. The van der Waals surface area contributed by atoms with E-state index >= 15 is 0 Å². The van der Waals surface area contributed by atoms with Crippen molar-refractivity contribution in [2.45, 2.75) is 6.54 Å². The van der Waals surface area contributed by atoms with E-state index < -0.39 is 11.7 Å². The van der Waals surface area contributed by atoms with E-state index in [1.807, 2.05) is 30.3 Å². The second-order valence-electron chi connectivity index (χ2n) is 6.52. The number of hydrogen-bond acceptors (Lipinski definition) is 6. The standard InChI is InChI=1S/C21H17N3O5S/c25-18(13-24-15-8-4-5-9-16(15)29-20(24)27)22-10-11-23-19(26)17(30-21(23)28)12-14-6-2-1-3-7-14/h1-9,12H,10-11,13H2,(H,22,25). The molecule has 0 saturated carbocycles. The first-order chi connectivity index (χ1) is 14.5. The number of para-hydroxylation sites is 2. The van der Waals surface area contributed by atoms with E-state index in [4.69, 9.17) is 4.42 Å². The Bertz CT molecular complexity index is 1210. The van der Waals surface area contributed by atoms with Crippen molar-refractivity contribution in [2.24, 2.45) is 0 Å². The summed E-state index contributed by atoms with van der Waals surface area (Å²) in [6.45, 7) is -0.0881. The molecule has 1 aliphatic rings. The summed E-state index contributed by atoms with van der Waals surface area (Å²) >= 11 is 0.871. The van der Waals surface area contributed by atoms with Crippen LogP contribution in [-0.2, 0) is 16.1 Å². The Balaban J connectivity index is 1.35. The molecule has 0 radical (unpaired) electrons. The van der Waals surface area contributed by atoms with Crippen LogP contribution < -0.4 is 11.1 Å². The lowest BCUT2D eigenvalue weighted by molar-refractivity contribution is -0.124. The van der Waals surface area contributed by atoms with Crippen LogP contribution in [0.4, 0.5) is 4.79 Å². The Hall–Kier alpha value is -3.59. The number of amides is 3. The number of benzene rings is 2. The molecule has 3 aromatic rings. The molecule has 9 heteroatoms. The van der Waals surface area contributed by atoms with E-state index in [0.29, 0.717) is 16.0 Å². The second-order valence-corrected chi connectivity index (χ2v) is 7.51. The first-order valence-electron chi connectivity index (χ1n) is 9.18. The molecule has 1 aromatic heterocycles. The molecular formula is C21H17N3O5S. The topological polar surface area (TPSA) is 102 Å². The summed E-state index contributed by atoms with van der Waals surface area (Å²) in [6, 6.07) is 16.1. The molecule has 1 aliphatic heterocycles. The van der Waals surface area contributed by atoms with Crippen LogP contribution in [0.1, 0.15) is 5.56 Å². The lowest BCUT2D eigenvalue weighted by Crippen LogP contribution is -2.39. The third kappa shape index (κ3) is 4.06. The third-order valence-corrected chi connectivity index (χ3v) is 5.41. The van der Waals surface area contributed by atoms with Gasteiger partial charge in [-0.15, -0.1) is 0 Å². The molecule has 4 rings (SSSR count). The number of carbonyl (C=O) groups excluding carboxylic acids is 3. The molecule has 0 atom stereocenters. The number of aromatic nitrogens is 1. The van der Waals surface area contributed by atoms with Gasteiger partial charge in [-0.25, -0.2) is 4.79 Å². The van der Waals surface area contributed by atoms with Crippen molar-refractivity contribution in [3.63, 3.8) is 0 Å². The number of imide groups is 1. The first kappa shape index (κ1) is 19.7. The molecular weight excluding hydrogens is 406 g/mol. The van der Waals surface area contributed by atoms with Crippen LogP contribution in [0.5, 0.6) is 0 Å². The van der Waals surface area contributed by atoms with E-state index in [2.05, 4.69) is 5.32 Å². The summed E-state index contributed by atoms with van der Waals surface area (Å²) in [7, 11) is 0. The Morgan fingerprint density at radius 3 is 2.57 bits per heavy atom. The van der Waals surface area contributed by atoms with Crippen LogP contribution in [0.15, 0.2) is 68.7 Å². The minimum absolute atomic E-state index is 0.0452. The van der Waals surface area contributed by atoms with E-state index in [1.54, 1.807) is 30.3 Å². The summed E-state index contributed by atoms with van der Waals surface area (Å²) < 4.78 is 6.32. The molecule has 3 amide bonds. The van der Waals surface area contributed by atoms with E-state index in [0.717, 1.165) is 22.2 Å². The Morgan fingerprint density at radius 2 is 1.77 bits per heavy atom. The Kier molecular flexibility index (Phi) is 5.53. The quantitative estimate of drug-likeness (QED) is 0.611. The van der Waals surface area contributed by atoms with Gasteiger partial charge in [-0.1, -0.05) is 42.5 Å². The van der Waals surface area contributed by atoms with Crippen LogP contribution in [0, 0.1) is 0 Å². The number of nitrogens with one attached hydrogen (secondary N) is 1. The molecule has 2 aromatic carbocycles. The zero-order valence-electron chi connectivity index (χ0n) is 15.7. The Labute approximate surface area is 175 Å². The zero-order valence-corrected chi connectivity index (χ0v) is 16.6. The van der Waals surface area contributed by atoms with E-state index in [-0.39, 0.29) is 30.8 Å². The highest BCUT2D eigenvalue weighted by Gasteiger charge is 2.34. The van der Waals surface area contributed by atoms with Gasteiger partial charge in [0, 0.05) is 13.1 Å². The van der Waals surface area contributed by atoms with Crippen LogP contribution in [-0.4, -0.2) is 39.6 Å². The average molecular weight is 423 g/mol. The van der Waals surface area contributed by atoms with Gasteiger partial charge in [0.2, 0.25) is 5.91 Å². The predicted molar refractivity (Wildman–Crippen MR) is 113 cm³/mol. The fraction of sp³-hybridized carbons (Fsp3) is 0.143.